The average Bonchev–Trinajstić information content (AvgIpc) is 2.91. The first-order valence-corrected chi connectivity index (χ1v) is 10.6. The molecule has 0 aromatic heterocycles. The fourth-order valence-electron chi connectivity index (χ4n) is 3.24. The predicted molar refractivity (Wildman–Crippen MR) is 135 cm³/mol. The number of nitrogens with zero attached hydrogens (tertiary/aromatic N) is 4. The fraction of sp³-hybridized carbons (Fsp3) is 0.0833. The molecule has 3 aromatic rings. The second-order valence-corrected chi connectivity index (χ2v) is 7.44. The number of rotatable bonds is 10. The Bertz CT molecular complexity index is 1560. The van der Waals surface area contributed by atoms with E-state index in [1.807, 2.05) is 0 Å². The summed E-state index contributed by atoms with van der Waals surface area (Å²) in [6, 6.07) is 12.3. The van der Waals surface area contributed by atoms with Gasteiger partial charge in [0.05, 0.1) is 40.7 Å². The van der Waals surface area contributed by atoms with Crippen LogP contribution in [-0.2, 0) is 4.79 Å². The van der Waals surface area contributed by atoms with Gasteiger partial charge in [-0.25, -0.2) is 0 Å². The lowest BCUT2D eigenvalue weighted by Gasteiger charge is -2.12. The molecule has 0 saturated heterocycles. The standard InChI is InChI=1S/C24H17N5O10/c1-37-20-7-4-16(27(31)32)11-18(20)26-24(30)15(13-25)9-14-3-6-22(38-2)23(10-14)39-21-8-5-17(28(33)34)12-19(21)29(35)36/h3-12H,1-2H3,(H,26,30)/b15-9+. The Kier molecular flexibility index (Phi) is 8.33. The molecule has 1 N–H and O–H groups in total. The minimum absolute atomic E-state index is 0.0397. The topological polar surface area (TPSA) is 210 Å². The van der Waals surface area contributed by atoms with E-state index >= 15 is 0 Å². The molecule has 0 radical (unpaired) electrons. The average molecular weight is 535 g/mol. The van der Waals surface area contributed by atoms with Crippen molar-refractivity contribution in [3.63, 3.8) is 0 Å². The zero-order chi connectivity index (χ0) is 28.7. The number of nitriles is 1. The van der Waals surface area contributed by atoms with Gasteiger partial charge in [0.1, 0.15) is 17.4 Å². The number of anilines is 1. The van der Waals surface area contributed by atoms with E-state index in [1.165, 1.54) is 50.6 Å². The van der Waals surface area contributed by atoms with Crippen LogP contribution in [0.15, 0.2) is 60.2 Å². The van der Waals surface area contributed by atoms with E-state index in [-0.39, 0.29) is 39.9 Å². The quantitative estimate of drug-likeness (QED) is 0.162. The Morgan fingerprint density at radius 1 is 0.821 bits per heavy atom. The number of methoxy groups -OCH3 is 2. The summed E-state index contributed by atoms with van der Waals surface area (Å²) < 4.78 is 15.9. The van der Waals surface area contributed by atoms with E-state index in [1.54, 1.807) is 6.07 Å². The zero-order valence-electron chi connectivity index (χ0n) is 20.1. The highest BCUT2D eigenvalue weighted by atomic mass is 16.6. The maximum Gasteiger partial charge on any atom is 0.318 e. The molecule has 0 heterocycles. The summed E-state index contributed by atoms with van der Waals surface area (Å²) in [4.78, 5) is 44.0. The first-order chi connectivity index (χ1) is 18.6. The minimum atomic E-state index is -0.902. The molecule has 1 amide bonds. The number of benzene rings is 3. The molecule has 0 aliphatic carbocycles. The van der Waals surface area contributed by atoms with Crippen molar-refractivity contribution >= 4 is 34.7 Å². The van der Waals surface area contributed by atoms with Crippen molar-refractivity contribution in [1.29, 1.82) is 5.26 Å². The summed E-state index contributed by atoms with van der Waals surface area (Å²) >= 11 is 0. The van der Waals surface area contributed by atoms with Crippen LogP contribution in [0, 0.1) is 41.7 Å². The zero-order valence-corrected chi connectivity index (χ0v) is 20.1. The fourth-order valence-corrected chi connectivity index (χ4v) is 3.24. The van der Waals surface area contributed by atoms with E-state index in [4.69, 9.17) is 14.2 Å². The molecule has 3 aromatic carbocycles. The molecule has 0 unspecified atom stereocenters. The van der Waals surface area contributed by atoms with E-state index in [9.17, 15) is 40.4 Å². The van der Waals surface area contributed by atoms with Gasteiger partial charge < -0.3 is 19.5 Å². The lowest BCUT2D eigenvalue weighted by Crippen LogP contribution is -2.14. The van der Waals surface area contributed by atoms with Crippen LogP contribution in [-0.4, -0.2) is 34.9 Å². The number of nitro benzene ring substituents is 3. The summed E-state index contributed by atoms with van der Waals surface area (Å²) in [5.74, 6) is -1.02. The number of nitrogens with one attached hydrogen (secondary N) is 1. The van der Waals surface area contributed by atoms with Gasteiger partial charge in [0.25, 0.3) is 17.3 Å². The molecule has 3 rings (SSSR count). The molecule has 198 valence electrons. The van der Waals surface area contributed by atoms with Crippen LogP contribution in [0.1, 0.15) is 5.56 Å². The minimum Gasteiger partial charge on any atom is -0.495 e. The van der Waals surface area contributed by atoms with Gasteiger partial charge in [-0.05, 0) is 35.9 Å². The van der Waals surface area contributed by atoms with E-state index in [2.05, 4.69) is 5.32 Å². The molecule has 0 aliphatic heterocycles. The third-order valence-electron chi connectivity index (χ3n) is 5.08. The summed E-state index contributed by atoms with van der Waals surface area (Å²) in [5, 5.41) is 45.5. The molecular weight excluding hydrogens is 518 g/mol. The number of non-ortho nitro benzene ring substituents is 2. The Morgan fingerprint density at radius 3 is 1.97 bits per heavy atom. The van der Waals surface area contributed by atoms with Gasteiger partial charge in [0.2, 0.25) is 5.75 Å². The number of hydrogen-bond acceptors (Lipinski definition) is 11. The Hall–Kier alpha value is -6.04. The molecule has 15 nitrogen and oxygen atoms in total. The van der Waals surface area contributed by atoms with Crippen LogP contribution in [0.4, 0.5) is 22.7 Å². The van der Waals surface area contributed by atoms with E-state index in [0.717, 1.165) is 24.3 Å². The smallest absolute Gasteiger partial charge is 0.318 e. The first-order valence-electron chi connectivity index (χ1n) is 10.6. The normalized spacial score (nSPS) is 10.6. The molecule has 0 fully saturated rings. The van der Waals surface area contributed by atoms with Crippen LogP contribution < -0.4 is 19.5 Å². The molecule has 0 saturated carbocycles. The SMILES string of the molecule is COc1ccc([N+](=O)[O-])cc1NC(=O)/C(C#N)=C/c1ccc(OC)c(Oc2ccc([N+](=O)[O-])cc2[N+](=O)[O-])c1. The lowest BCUT2D eigenvalue weighted by atomic mass is 10.1. The van der Waals surface area contributed by atoms with Gasteiger partial charge in [-0.1, -0.05) is 6.07 Å². The Morgan fingerprint density at radius 2 is 1.41 bits per heavy atom. The third-order valence-corrected chi connectivity index (χ3v) is 5.08. The lowest BCUT2D eigenvalue weighted by molar-refractivity contribution is -0.394. The first kappa shape index (κ1) is 27.5. The second-order valence-electron chi connectivity index (χ2n) is 7.44. The Balaban J connectivity index is 1.96. The maximum atomic E-state index is 12.8. The van der Waals surface area contributed by atoms with Gasteiger partial charge in [-0.2, -0.15) is 5.26 Å². The number of amides is 1. The number of nitro groups is 3. The van der Waals surface area contributed by atoms with Gasteiger partial charge in [-0.15, -0.1) is 0 Å². The molecule has 15 heteroatoms. The van der Waals surface area contributed by atoms with Crippen molar-refractivity contribution in [1.82, 2.24) is 0 Å². The van der Waals surface area contributed by atoms with Crippen molar-refractivity contribution in [2.45, 2.75) is 0 Å². The molecule has 0 aliphatic rings. The second kappa shape index (κ2) is 11.8. The maximum absolute atomic E-state index is 12.8. The summed E-state index contributed by atoms with van der Waals surface area (Å²) in [6.45, 7) is 0. The molecule has 0 atom stereocenters. The highest BCUT2D eigenvalue weighted by Gasteiger charge is 2.23. The van der Waals surface area contributed by atoms with Crippen LogP contribution in [0.5, 0.6) is 23.0 Å². The van der Waals surface area contributed by atoms with Crippen LogP contribution >= 0.6 is 0 Å². The Labute approximate surface area is 218 Å². The third kappa shape index (κ3) is 6.40. The van der Waals surface area contributed by atoms with Crippen molar-refractivity contribution in [3.8, 4) is 29.1 Å². The van der Waals surface area contributed by atoms with Crippen LogP contribution in [0.25, 0.3) is 6.08 Å². The number of hydrogen-bond donors (Lipinski definition) is 1. The van der Waals surface area contributed by atoms with Gasteiger partial charge >= 0.3 is 5.69 Å². The summed E-state index contributed by atoms with van der Waals surface area (Å²) in [7, 11) is 2.61. The summed E-state index contributed by atoms with van der Waals surface area (Å²) in [6.07, 6.45) is 1.18. The van der Waals surface area contributed by atoms with Crippen molar-refractivity contribution < 1.29 is 33.8 Å². The number of carbonyl (C=O) groups is 1. The van der Waals surface area contributed by atoms with E-state index in [0.29, 0.717) is 0 Å². The van der Waals surface area contributed by atoms with Crippen molar-refractivity contribution in [3.05, 3.63) is 96.1 Å². The van der Waals surface area contributed by atoms with Crippen molar-refractivity contribution in [2.75, 3.05) is 19.5 Å². The summed E-state index contributed by atoms with van der Waals surface area (Å²) in [5.41, 5.74) is -1.69. The highest BCUT2D eigenvalue weighted by molar-refractivity contribution is 6.10. The number of ether oxygens (including phenoxy) is 3. The monoisotopic (exact) mass is 535 g/mol. The largest absolute Gasteiger partial charge is 0.495 e. The van der Waals surface area contributed by atoms with Crippen LogP contribution in [0.3, 0.4) is 0 Å². The van der Waals surface area contributed by atoms with E-state index < -0.39 is 37.6 Å². The molecular formula is C24H17N5O10. The van der Waals surface area contributed by atoms with Crippen molar-refractivity contribution in [2.24, 2.45) is 0 Å². The predicted octanol–water partition coefficient (Wildman–Crippen LogP) is 4.77. The number of carbonyl (C=O) groups excluding carboxylic acids is 1. The van der Waals surface area contributed by atoms with Crippen LogP contribution in [0.2, 0.25) is 0 Å². The molecule has 0 bridgehead atoms. The highest BCUT2D eigenvalue weighted by Crippen LogP contribution is 2.39. The molecule has 39 heavy (non-hydrogen) atoms. The van der Waals surface area contributed by atoms with Gasteiger partial charge in [-0.3, -0.25) is 35.1 Å². The van der Waals surface area contributed by atoms with Gasteiger partial charge in [0, 0.05) is 18.2 Å². The van der Waals surface area contributed by atoms with Gasteiger partial charge in [0.15, 0.2) is 11.5 Å². The molecule has 0 spiro atoms.